The van der Waals surface area contributed by atoms with Gasteiger partial charge in [0, 0.05) is 31.5 Å². The molecule has 9 rings (SSSR count). The molecular weight excluding hydrogens is 563 g/mol. The molecule has 0 atom stereocenters. The molecule has 0 amide bonds. The van der Waals surface area contributed by atoms with E-state index in [1.54, 1.807) is 0 Å². The van der Waals surface area contributed by atoms with Gasteiger partial charge in [0.05, 0.1) is 11.1 Å². The fraction of sp³-hybridized carbons (Fsp3) is 0.0233. The van der Waals surface area contributed by atoms with Crippen LogP contribution in [0.25, 0.3) is 31.3 Å². The summed E-state index contributed by atoms with van der Waals surface area (Å²) in [5, 5.41) is 2.58. The van der Waals surface area contributed by atoms with Crippen molar-refractivity contribution in [3.8, 4) is 11.1 Å². The smallest absolute Gasteiger partial charge is 0.0714 e. The number of hydrogen-bond acceptors (Lipinski definition) is 2. The van der Waals surface area contributed by atoms with Crippen LogP contribution < -0.4 is 4.90 Å². The van der Waals surface area contributed by atoms with Gasteiger partial charge in [0.15, 0.2) is 0 Å². The van der Waals surface area contributed by atoms with Crippen molar-refractivity contribution in [3.05, 3.63) is 198 Å². The first kappa shape index (κ1) is 26.0. The molecule has 0 aliphatic heterocycles. The van der Waals surface area contributed by atoms with Crippen LogP contribution in [0.3, 0.4) is 0 Å². The molecule has 212 valence electrons. The lowest BCUT2D eigenvalue weighted by Crippen LogP contribution is -2.28. The van der Waals surface area contributed by atoms with Gasteiger partial charge in [0.1, 0.15) is 0 Å². The van der Waals surface area contributed by atoms with Gasteiger partial charge in [0.2, 0.25) is 0 Å². The molecule has 0 saturated carbocycles. The minimum absolute atomic E-state index is 0.401. The van der Waals surface area contributed by atoms with Gasteiger partial charge in [-0.25, -0.2) is 0 Å². The van der Waals surface area contributed by atoms with E-state index in [0.29, 0.717) is 0 Å². The van der Waals surface area contributed by atoms with E-state index in [1.165, 1.54) is 59.2 Å². The lowest BCUT2D eigenvalue weighted by Gasteiger charge is -2.34. The van der Waals surface area contributed by atoms with Crippen LogP contribution in [-0.2, 0) is 5.41 Å². The van der Waals surface area contributed by atoms with Crippen LogP contribution >= 0.6 is 11.3 Å². The molecule has 45 heavy (non-hydrogen) atoms. The number of hydrogen-bond donors (Lipinski definition) is 0. The SMILES string of the molecule is c1ccc(N(c2ccccc2)c2cccc3sc4cc(C5(c6ccccc6)c6ccccc6-c6ccccc65)ccc4c23)cc1. The van der Waals surface area contributed by atoms with Crippen molar-refractivity contribution in [2.75, 3.05) is 4.90 Å². The summed E-state index contributed by atoms with van der Waals surface area (Å²) in [5.41, 5.74) is 11.0. The van der Waals surface area contributed by atoms with Gasteiger partial charge in [-0.15, -0.1) is 11.3 Å². The summed E-state index contributed by atoms with van der Waals surface area (Å²) in [7, 11) is 0. The third kappa shape index (κ3) is 3.86. The van der Waals surface area contributed by atoms with Crippen molar-refractivity contribution in [1.29, 1.82) is 0 Å². The Morgan fingerprint density at radius 1 is 0.422 bits per heavy atom. The quantitative estimate of drug-likeness (QED) is 0.192. The number of benzene rings is 7. The Balaban J connectivity index is 1.32. The summed E-state index contributed by atoms with van der Waals surface area (Å²) in [4.78, 5) is 2.39. The average molecular weight is 592 g/mol. The van der Waals surface area contributed by atoms with E-state index >= 15 is 0 Å². The summed E-state index contributed by atoms with van der Waals surface area (Å²) in [6.07, 6.45) is 0. The molecule has 1 aliphatic rings. The van der Waals surface area contributed by atoms with Gasteiger partial charge >= 0.3 is 0 Å². The Morgan fingerprint density at radius 2 is 0.978 bits per heavy atom. The normalized spacial score (nSPS) is 13.1. The molecule has 0 N–H and O–H groups in total. The molecule has 0 radical (unpaired) electrons. The van der Waals surface area contributed by atoms with E-state index in [9.17, 15) is 0 Å². The highest BCUT2D eigenvalue weighted by Gasteiger charge is 2.45. The van der Waals surface area contributed by atoms with Crippen LogP contribution in [0.1, 0.15) is 22.3 Å². The highest BCUT2D eigenvalue weighted by molar-refractivity contribution is 7.26. The van der Waals surface area contributed by atoms with E-state index in [4.69, 9.17) is 0 Å². The second kappa shape index (κ2) is 10.3. The second-order valence-corrected chi connectivity index (χ2v) is 12.8. The Bertz CT molecular complexity index is 2240. The standard InChI is InChI=1S/C43H29NS/c1-4-15-30(16-5-1)43(37-23-12-10-21-34(37)35-22-11-13-24-38(35)43)31-27-28-36-41(29-31)45-40-26-14-25-39(42(36)40)44(32-17-6-2-7-18-32)33-19-8-3-9-20-33/h1-29H. The second-order valence-electron chi connectivity index (χ2n) is 11.7. The molecule has 0 saturated heterocycles. The van der Waals surface area contributed by atoms with Gasteiger partial charge in [0.25, 0.3) is 0 Å². The van der Waals surface area contributed by atoms with Crippen LogP contribution in [0.5, 0.6) is 0 Å². The van der Waals surface area contributed by atoms with Crippen molar-refractivity contribution in [2.45, 2.75) is 5.41 Å². The van der Waals surface area contributed by atoms with E-state index in [-0.39, 0.29) is 0 Å². The van der Waals surface area contributed by atoms with Crippen molar-refractivity contribution in [3.63, 3.8) is 0 Å². The molecule has 0 bridgehead atoms. The molecule has 1 aromatic heterocycles. The molecule has 2 heteroatoms. The van der Waals surface area contributed by atoms with Crippen molar-refractivity contribution >= 4 is 48.6 Å². The first-order valence-corrected chi connectivity index (χ1v) is 16.3. The Labute approximate surface area is 267 Å². The maximum atomic E-state index is 2.46. The Hall–Kier alpha value is -5.44. The molecule has 1 aliphatic carbocycles. The third-order valence-electron chi connectivity index (χ3n) is 9.34. The molecule has 7 aromatic carbocycles. The zero-order valence-electron chi connectivity index (χ0n) is 24.6. The third-order valence-corrected chi connectivity index (χ3v) is 10.5. The number of rotatable bonds is 5. The fourth-order valence-corrected chi connectivity index (χ4v) is 8.69. The summed E-state index contributed by atoms with van der Waals surface area (Å²) >= 11 is 1.89. The van der Waals surface area contributed by atoms with Gasteiger partial charge in [-0.05, 0) is 75.8 Å². The first-order chi connectivity index (χ1) is 22.3. The van der Waals surface area contributed by atoms with Gasteiger partial charge < -0.3 is 4.90 Å². The summed E-state index contributed by atoms with van der Waals surface area (Å²) in [5.74, 6) is 0. The van der Waals surface area contributed by atoms with Crippen molar-refractivity contribution < 1.29 is 0 Å². The number of nitrogens with zero attached hydrogens (tertiary/aromatic N) is 1. The summed E-state index contributed by atoms with van der Waals surface area (Å²) < 4.78 is 2.59. The lowest BCUT2D eigenvalue weighted by atomic mass is 9.67. The minimum atomic E-state index is -0.401. The van der Waals surface area contributed by atoms with Crippen LogP contribution in [-0.4, -0.2) is 0 Å². The topological polar surface area (TPSA) is 3.24 Å². The monoisotopic (exact) mass is 591 g/mol. The van der Waals surface area contributed by atoms with Crippen LogP contribution in [0.15, 0.2) is 176 Å². The van der Waals surface area contributed by atoms with E-state index in [2.05, 4.69) is 181 Å². The lowest BCUT2D eigenvalue weighted by molar-refractivity contribution is 0.770. The minimum Gasteiger partial charge on any atom is -0.310 e. The predicted octanol–water partition coefficient (Wildman–Crippen LogP) is 11.9. The number of fused-ring (bicyclic) bond motifs is 6. The maximum absolute atomic E-state index is 2.46. The van der Waals surface area contributed by atoms with Crippen LogP contribution in [0.2, 0.25) is 0 Å². The van der Waals surface area contributed by atoms with Crippen molar-refractivity contribution in [2.24, 2.45) is 0 Å². The molecule has 1 heterocycles. The van der Waals surface area contributed by atoms with E-state index in [1.807, 2.05) is 11.3 Å². The number of thiophene rings is 1. The number of anilines is 3. The molecule has 1 nitrogen and oxygen atoms in total. The van der Waals surface area contributed by atoms with Gasteiger partial charge in [-0.2, -0.15) is 0 Å². The molecule has 0 fully saturated rings. The van der Waals surface area contributed by atoms with Crippen molar-refractivity contribution in [1.82, 2.24) is 0 Å². The van der Waals surface area contributed by atoms with Gasteiger partial charge in [-0.3, -0.25) is 0 Å². The molecule has 0 unspecified atom stereocenters. The molecule has 8 aromatic rings. The average Bonchev–Trinajstić information content (AvgIpc) is 3.64. The van der Waals surface area contributed by atoms with Gasteiger partial charge in [-0.1, -0.05) is 133 Å². The van der Waals surface area contributed by atoms with Crippen LogP contribution in [0.4, 0.5) is 17.1 Å². The number of para-hydroxylation sites is 2. The van der Waals surface area contributed by atoms with E-state index < -0.39 is 5.41 Å². The van der Waals surface area contributed by atoms with Crippen LogP contribution in [0, 0.1) is 0 Å². The predicted molar refractivity (Wildman–Crippen MR) is 191 cm³/mol. The summed E-state index contributed by atoms with van der Waals surface area (Å²) in [6.45, 7) is 0. The Kier molecular flexibility index (Phi) is 5.97. The zero-order valence-corrected chi connectivity index (χ0v) is 25.4. The fourth-order valence-electron chi connectivity index (χ4n) is 7.52. The largest absolute Gasteiger partial charge is 0.310 e. The summed E-state index contributed by atoms with van der Waals surface area (Å²) in [6, 6.07) is 64.3. The molecular formula is C43H29NS. The highest BCUT2D eigenvalue weighted by atomic mass is 32.1. The maximum Gasteiger partial charge on any atom is 0.0714 e. The van der Waals surface area contributed by atoms with E-state index in [0.717, 1.165) is 11.4 Å². The zero-order chi connectivity index (χ0) is 29.8. The first-order valence-electron chi connectivity index (χ1n) is 15.4. The molecule has 0 spiro atoms. The highest BCUT2D eigenvalue weighted by Crippen LogP contribution is 2.57. The Morgan fingerprint density at radius 3 is 1.60 bits per heavy atom.